The predicted octanol–water partition coefficient (Wildman–Crippen LogP) is 4.74. The molecule has 0 bridgehead atoms. The lowest BCUT2D eigenvalue weighted by Crippen LogP contribution is -2.38. The Balaban J connectivity index is 1.36. The van der Waals surface area contributed by atoms with Crippen LogP contribution in [-0.4, -0.2) is 58.5 Å². The van der Waals surface area contributed by atoms with Crippen molar-refractivity contribution >= 4 is 33.6 Å². The largest absolute Gasteiger partial charge is 0.384 e. The van der Waals surface area contributed by atoms with E-state index in [2.05, 4.69) is 69.7 Å². The third-order valence-corrected chi connectivity index (χ3v) is 8.11. The Morgan fingerprint density at radius 3 is 2.78 bits per heavy atom. The van der Waals surface area contributed by atoms with E-state index in [9.17, 15) is 9.90 Å². The minimum absolute atomic E-state index is 0.243. The highest BCUT2D eigenvalue weighted by Gasteiger charge is 2.25. The first-order valence-electron chi connectivity index (χ1n) is 14.0. The van der Waals surface area contributed by atoms with Crippen molar-refractivity contribution in [3.63, 3.8) is 0 Å². The second-order valence-corrected chi connectivity index (χ2v) is 11.5. The monoisotopic (exact) mass is 552 g/mol. The summed E-state index contributed by atoms with van der Waals surface area (Å²) in [5.41, 5.74) is 1.57. The van der Waals surface area contributed by atoms with E-state index < -0.39 is 5.60 Å². The average molecular weight is 553 g/mol. The van der Waals surface area contributed by atoms with Crippen molar-refractivity contribution in [2.24, 2.45) is 0 Å². The molecule has 2 atom stereocenters. The van der Waals surface area contributed by atoms with Crippen LogP contribution < -0.4 is 10.9 Å². The molecule has 6 rings (SSSR count). The molecule has 10 nitrogen and oxygen atoms in total. The maximum Gasteiger partial charge on any atom is 0.278 e. The molecule has 41 heavy (non-hydrogen) atoms. The molecular weight excluding hydrogens is 516 g/mol. The number of hydrogen-bond acceptors (Lipinski definition) is 7. The lowest BCUT2D eigenvalue weighted by atomic mass is 9.98. The molecular formula is C31H36N8O2. The van der Waals surface area contributed by atoms with Crippen LogP contribution in [0.5, 0.6) is 0 Å². The summed E-state index contributed by atoms with van der Waals surface area (Å²) >= 11 is 0. The first-order valence-corrected chi connectivity index (χ1v) is 14.0. The zero-order chi connectivity index (χ0) is 28.9. The summed E-state index contributed by atoms with van der Waals surface area (Å²) in [6.07, 6.45) is 7.65. The lowest BCUT2D eigenvalue weighted by Gasteiger charge is -2.36. The Bertz CT molecular complexity index is 1810. The molecule has 4 aromatic heterocycles. The Morgan fingerprint density at radius 1 is 1.20 bits per heavy atom. The van der Waals surface area contributed by atoms with Gasteiger partial charge in [-0.25, -0.2) is 19.3 Å². The summed E-state index contributed by atoms with van der Waals surface area (Å²) in [5.74, 6) is 0.831. The van der Waals surface area contributed by atoms with Crippen molar-refractivity contribution in [2.45, 2.75) is 57.8 Å². The van der Waals surface area contributed by atoms with Crippen molar-refractivity contribution in [1.29, 1.82) is 0 Å². The van der Waals surface area contributed by atoms with Crippen LogP contribution in [0.15, 0.2) is 72.3 Å². The fourth-order valence-electron chi connectivity index (χ4n) is 5.70. The number of piperidine rings is 1. The van der Waals surface area contributed by atoms with E-state index in [0.29, 0.717) is 40.6 Å². The molecule has 1 aromatic carbocycles. The van der Waals surface area contributed by atoms with Gasteiger partial charge in [0.1, 0.15) is 11.0 Å². The van der Waals surface area contributed by atoms with E-state index in [1.807, 2.05) is 6.07 Å². The molecule has 5 heterocycles. The number of fused-ring (bicyclic) bond motifs is 2. The highest BCUT2D eigenvalue weighted by Crippen LogP contribution is 2.31. The number of pyridine rings is 1. The number of hydrogen-bond donors (Lipinski definition) is 2. The van der Waals surface area contributed by atoms with Gasteiger partial charge in [0.15, 0.2) is 11.5 Å². The number of anilines is 2. The summed E-state index contributed by atoms with van der Waals surface area (Å²) in [6.45, 7) is 10.8. The van der Waals surface area contributed by atoms with Gasteiger partial charge in [0.05, 0.1) is 12.2 Å². The van der Waals surface area contributed by atoms with E-state index in [-0.39, 0.29) is 12.1 Å². The van der Waals surface area contributed by atoms with E-state index in [4.69, 9.17) is 4.98 Å². The van der Waals surface area contributed by atoms with Gasteiger partial charge < -0.3 is 19.9 Å². The van der Waals surface area contributed by atoms with Gasteiger partial charge in [0.25, 0.3) is 5.56 Å². The number of likely N-dealkylation sites (tertiary alicyclic amines) is 1. The van der Waals surface area contributed by atoms with Crippen molar-refractivity contribution in [1.82, 2.24) is 33.8 Å². The smallest absolute Gasteiger partial charge is 0.278 e. The third-order valence-electron chi connectivity index (χ3n) is 8.11. The van der Waals surface area contributed by atoms with E-state index in [1.165, 1.54) is 10.2 Å². The van der Waals surface area contributed by atoms with E-state index >= 15 is 0 Å². The normalized spacial score (nSPS) is 18.3. The van der Waals surface area contributed by atoms with Crippen molar-refractivity contribution in [2.75, 3.05) is 18.9 Å². The molecule has 5 aromatic rings. The summed E-state index contributed by atoms with van der Waals surface area (Å²) in [5, 5.41) is 15.4. The lowest BCUT2D eigenvalue weighted by molar-refractivity contribution is 0.0738. The zero-order valence-electron chi connectivity index (χ0n) is 23.9. The molecule has 0 radical (unpaired) electrons. The minimum Gasteiger partial charge on any atom is -0.384 e. The van der Waals surface area contributed by atoms with Crippen LogP contribution in [0.3, 0.4) is 0 Å². The summed E-state index contributed by atoms with van der Waals surface area (Å²) in [7, 11) is 2.20. The third kappa shape index (κ3) is 4.93. The van der Waals surface area contributed by atoms with E-state index in [0.717, 1.165) is 30.5 Å². The van der Waals surface area contributed by atoms with Crippen LogP contribution >= 0.6 is 0 Å². The van der Waals surface area contributed by atoms with Crippen LogP contribution in [0.1, 0.15) is 45.3 Å². The van der Waals surface area contributed by atoms with Gasteiger partial charge in [-0.3, -0.25) is 4.79 Å². The molecule has 1 aliphatic rings. The molecule has 212 valence electrons. The van der Waals surface area contributed by atoms with Gasteiger partial charge in [-0.15, -0.1) is 6.58 Å². The van der Waals surface area contributed by atoms with Crippen LogP contribution in [0.25, 0.3) is 27.8 Å². The number of nitrogens with one attached hydrogen (secondary N) is 1. The Morgan fingerprint density at radius 2 is 2.02 bits per heavy atom. The van der Waals surface area contributed by atoms with Gasteiger partial charge in [-0.1, -0.05) is 12.1 Å². The number of benzene rings is 1. The van der Waals surface area contributed by atoms with Crippen molar-refractivity contribution in [3.8, 4) is 5.82 Å². The molecule has 1 unspecified atom stereocenters. The van der Waals surface area contributed by atoms with Crippen LogP contribution in [0.4, 0.5) is 11.6 Å². The predicted molar refractivity (Wildman–Crippen MR) is 162 cm³/mol. The zero-order valence-corrected chi connectivity index (χ0v) is 23.9. The van der Waals surface area contributed by atoms with Gasteiger partial charge >= 0.3 is 0 Å². The molecule has 0 saturated carbocycles. The fraction of sp³-hybridized carbons (Fsp3) is 0.355. The van der Waals surface area contributed by atoms with Gasteiger partial charge in [-0.2, -0.15) is 4.98 Å². The summed E-state index contributed by atoms with van der Waals surface area (Å²) in [4.78, 5) is 29.6. The Hall–Kier alpha value is -4.28. The van der Waals surface area contributed by atoms with Gasteiger partial charge in [0.2, 0.25) is 5.95 Å². The number of rotatable bonds is 7. The fourth-order valence-corrected chi connectivity index (χ4v) is 5.70. The minimum atomic E-state index is -1.15. The topological polar surface area (TPSA) is 106 Å². The van der Waals surface area contributed by atoms with Crippen LogP contribution in [0, 0.1) is 0 Å². The number of nitrogens with zero attached hydrogens (tertiary/aromatic N) is 7. The molecule has 0 amide bonds. The number of aliphatic hydroxyl groups is 1. The summed E-state index contributed by atoms with van der Waals surface area (Å²) < 4.78 is 5.58. The second kappa shape index (κ2) is 10.3. The molecule has 10 heteroatoms. The quantitative estimate of drug-likeness (QED) is 0.281. The van der Waals surface area contributed by atoms with Crippen LogP contribution in [0.2, 0.25) is 0 Å². The first kappa shape index (κ1) is 26.9. The molecule has 1 fully saturated rings. The molecule has 0 spiro atoms. The maximum absolute atomic E-state index is 13.3. The maximum atomic E-state index is 13.3. The van der Waals surface area contributed by atoms with Crippen molar-refractivity contribution in [3.05, 3.63) is 83.6 Å². The number of aromatic nitrogens is 6. The second-order valence-electron chi connectivity index (χ2n) is 11.5. The van der Waals surface area contributed by atoms with E-state index in [1.54, 1.807) is 49.0 Å². The average Bonchev–Trinajstić information content (AvgIpc) is 3.48. The molecule has 1 saturated heterocycles. The van der Waals surface area contributed by atoms with Crippen molar-refractivity contribution < 1.29 is 5.11 Å². The van der Waals surface area contributed by atoms with Gasteiger partial charge in [-0.05, 0) is 77.1 Å². The molecule has 1 aliphatic heterocycles. The standard InChI is InChI=1S/C31H36N8O2/c1-6-14-38-29(40)24-19-32-30(35-28(24)39(38)27-9-7-8-26(34-27)31(3,4)41)33-22-10-11-25-21(18-22)12-16-37(25)23-13-15-36(5)20(2)17-23/h6-12,16,18-20,23,41H,1,13-15,17H2,2-5H3,(H,32,33,35)/t20-,23?/m1/s1. The Labute approximate surface area is 238 Å². The highest BCUT2D eigenvalue weighted by molar-refractivity contribution is 5.85. The number of allylic oxidation sites excluding steroid dienone is 1. The van der Waals surface area contributed by atoms with Crippen LogP contribution in [-0.2, 0) is 12.1 Å². The molecule has 2 N–H and O–H groups in total. The Kier molecular flexibility index (Phi) is 6.75. The highest BCUT2D eigenvalue weighted by atomic mass is 16.3. The SMILES string of the molecule is C=CCn1c(=O)c2cnc(Nc3ccc4c(ccn4C4CCN(C)[C@H](C)C4)c3)nc2n1-c1cccc(C(C)(C)O)n1. The summed E-state index contributed by atoms with van der Waals surface area (Å²) in [6, 6.07) is 14.8. The first-order chi connectivity index (χ1) is 19.6. The molecule has 0 aliphatic carbocycles. The van der Waals surface area contributed by atoms with Gasteiger partial charge in [0, 0.05) is 47.6 Å².